The molecule has 2 aromatic heterocycles. The van der Waals surface area contributed by atoms with Crippen molar-refractivity contribution >= 4 is 11.4 Å². The number of nitrogens with two attached hydrogens (primary N) is 2. The molecule has 0 saturated heterocycles. The monoisotopic (exact) mass is 391 g/mol. The maximum absolute atomic E-state index is 6.85. The number of rotatable bonds is 4. The van der Waals surface area contributed by atoms with E-state index in [9.17, 15) is 0 Å². The second kappa shape index (κ2) is 7.02. The molecule has 150 valence electrons. The number of imidazole rings is 1. The number of aromatic nitrogens is 5. The Kier molecular flexibility index (Phi) is 4.33. The lowest BCUT2D eigenvalue weighted by atomic mass is 9.78. The van der Waals surface area contributed by atoms with Crippen molar-refractivity contribution in [1.29, 1.82) is 0 Å². The number of hydrogen-bond donors (Lipinski definition) is 4. The van der Waals surface area contributed by atoms with E-state index in [0.29, 0.717) is 5.92 Å². The Balaban J connectivity index is 1.42. The lowest BCUT2D eigenvalue weighted by Crippen LogP contribution is -2.58. The molecule has 1 atom stereocenters. The summed E-state index contributed by atoms with van der Waals surface area (Å²) in [7, 11) is 0. The SMILES string of the molecule is NC1CCC(C2(N)C=C(Nc3ccc(-n4cncn4)cc3)c3nccn3N2)CC1. The molecule has 1 aliphatic heterocycles. The number of anilines is 1. The van der Waals surface area contributed by atoms with Gasteiger partial charge in [0, 0.05) is 30.0 Å². The molecule has 1 aromatic carbocycles. The zero-order valence-corrected chi connectivity index (χ0v) is 16.1. The maximum atomic E-state index is 6.85. The normalized spacial score (nSPS) is 26.3. The smallest absolute Gasteiger partial charge is 0.174 e. The Bertz CT molecular complexity index is 997. The van der Waals surface area contributed by atoms with Gasteiger partial charge in [0.05, 0.1) is 11.4 Å². The first kappa shape index (κ1) is 17.9. The Labute approximate surface area is 168 Å². The zero-order valence-electron chi connectivity index (χ0n) is 16.1. The van der Waals surface area contributed by atoms with E-state index >= 15 is 0 Å². The number of hydrogen-bond acceptors (Lipinski definition) is 7. The van der Waals surface area contributed by atoms with Gasteiger partial charge in [-0.2, -0.15) is 5.10 Å². The molecule has 5 rings (SSSR count). The third-order valence-corrected chi connectivity index (χ3v) is 5.86. The summed E-state index contributed by atoms with van der Waals surface area (Å²) in [6.07, 6.45) is 12.9. The Hall–Kier alpha value is -3.17. The summed E-state index contributed by atoms with van der Waals surface area (Å²) in [5.41, 5.74) is 18.5. The fraction of sp³-hybridized carbons (Fsp3) is 0.350. The van der Waals surface area contributed by atoms with Crippen LogP contribution in [0, 0.1) is 5.92 Å². The van der Waals surface area contributed by atoms with Gasteiger partial charge in [0.25, 0.3) is 0 Å². The minimum atomic E-state index is -0.656. The highest BCUT2D eigenvalue weighted by atomic mass is 15.5. The molecule has 1 unspecified atom stereocenters. The van der Waals surface area contributed by atoms with Gasteiger partial charge >= 0.3 is 0 Å². The van der Waals surface area contributed by atoms with Crippen LogP contribution in [0.5, 0.6) is 0 Å². The first-order valence-electron chi connectivity index (χ1n) is 9.92. The Morgan fingerprint density at radius 1 is 1.14 bits per heavy atom. The van der Waals surface area contributed by atoms with E-state index in [1.165, 1.54) is 6.33 Å². The molecule has 0 amide bonds. The van der Waals surface area contributed by atoms with Crippen molar-refractivity contribution in [3.63, 3.8) is 0 Å². The molecule has 0 bridgehead atoms. The van der Waals surface area contributed by atoms with Crippen molar-refractivity contribution in [1.82, 2.24) is 24.4 Å². The molecule has 29 heavy (non-hydrogen) atoms. The van der Waals surface area contributed by atoms with E-state index in [2.05, 4.69) is 31.9 Å². The van der Waals surface area contributed by atoms with Crippen LogP contribution in [0.25, 0.3) is 11.4 Å². The number of fused-ring (bicyclic) bond motifs is 1. The van der Waals surface area contributed by atoms with E-state index in [4.69, 9.17) is 11.5 Å². The average molecular weight is 391 g/mol. The summed E-state index contributed by atoms with van der Waals surface area (Å²) >= 11 is 0. The van der Waals surface area contributed by atoms with Gasteiger partial charge in [-0.15, -0.1) is 0 Å². The van der Waals surface area contributed by atoms with E-state index in [1.807, 2.05) is 35.1 Å². The lowest BCUT2D eigenvalue weighted by molar-refractivity contribution is 0.239. The van der Waals surface area contributed by atoms with Crippen molar-refractivity contribution in [2.45, 2.75) is 37.4 Å². The molecule has 9 heteroatoms. The van der Waals surface area contributed by atoms with Crippen LogP contribution >= 0.6 is 0 Å². The number of benzene rings is 1. The number of nitrogens with zero attached hydrogens (tertiary/aromatic N) is 5. The average Bonchev–Trinajstić information content (AvgIpc) is 3.41. The van der Waals surface area contributed by atoms with Gasteiger partial charge in [0.1, 0.15) is 18.3 Å². The van der Waals surface area contributed by atoms with Gasteiger partial charge in [-0.1, -0.05) is 0 Å². The highest BCUT2D eigenvalue weighted by Gasteiger charge is 2.39. The van der Waals surface area contributed by atoms with Gasteiger partial charge in [-0.05, 0) is 56.0 Å². The predicted molar refractivity (Wildman–Crippen MR) is 111 cm³/mol. The second-order valence-corrected chi connectivity index (χ2v) is 7.85. The highest BCUT2D eigenvalue weighted by Crippen LogP contribution is 2.35. The lowest BCUT2D eigenvalue weighted by Gasteiger charge is -2.42. The predicted octanol–water partition coefficient (Wildman–Crippen LogP) is 1.65. The standard InChI is InChI=1S/C20H25N9/c21-15-3-1-14(2-4-15)20(22)11-18(19-24-9-10-28(19)27-20)26-16-5-7-17(8-6-16)29-13-23-12-25-29/h5-15,26-27H,1-4,21-22H2. The van der Waals surface area contributed by atoms with Gasteiger partial charge in [-0.3, -0.25) is 0 Å². The molecule has 1 fully saturated rings. The van der Waals surface area contributed by atoms with Crippen molar-refractivity contribution in [2.75, 3.05) is 10.7 Å². The van der Waals surface area contributed by atoms with E-state index in [0.717, 1.165) is 48.6 Å². The Morgan fingerprint density at radius 2 is 1.93 bits per heavy atom. The summed E-state index contributed by atoms with van der Waals surface area (Å²) in [4.78, 5) is 8.47. The van der Waals surface area contributed by atoms with Crippen LogP contribution in [0.4, 0.5) is 5.69 Å². The van der Waals surface area contributed by atoms with Crippen LogP contribution in [0.3, 0.4) is 0 Å². The maximum Gasteiger partial charge on any atom is 0.174 e. The quantitative estimate of drug-likeness (QED) is 0.533. The van der Waals surface area contributed by atoms with Crippen molar-refractivity contribution < 1.29 is 0 Å². The number of nitrogens with one attached hydrogen (secondary N) is 2. The molecule has 6 N–H and O–H groups in total. The molecule has 2 aliphatic rings. The van der Waals surface area contributed by atoms with Gasteiger partial charge in [-0.25, -0.2) is 19.3 Å². The summed E-state index contributed by atoms with van der Waals surface area (Å²) < 4.78 is 3.62. The van der Waals surface area contributed by atoms with E-state index < -0.39 is 5.66 Å². The van der Waals surface area contributed by atoms with Gasteiger partial charge < -0.3 is 22.2 Å². The first-order valence-corrected chi connectivity index (χ1v) is 9.92. The topological polar surface area (TPSA) is 125 Å². The highest BCUT2D eigenvalue weighted by molar-refractivity contribution is 5.76. The first-order chi connectivity index (χ1) is 14.1. The molecular formula is C20H25N9. The third kappa shape index (κ3) is 3.39. The van der Waals surface area contributed by atoms with Crippen LogP contribution in [0.2, 0.25) is 0 Å². The summed E-state index contributed by atoms with van der Waals surface area (Å²) in [6.45, 7) is 0. The summed E-state index contributed by atoms with van der Waals surface area (Å²) in [5, 5.41) is 7.64. The second-order valence-electron chi connectivity index (χ2n) is 7.85. The minimum Gasteiger partial charge on any atom is -0.353 e. The molecule has 0 radical (unpaired) electrons. The fourth-order valence-corrected chi connectivity index (χ4v) is 4.23. The van der Waals surface area contributed by atoms with Gasteiger partial charge in [0.2, 0.25) is 0 Å². The minimum absolute atomic E-state index is 0.285. The zero-order chi connectivity index (χ0) is 19.8. The van der Waals surface area contributed by atoms with Crippen molar-refractivity contribution in [3.8, 4) is 5.69 Å². The Morgan fingerprint density at radius 3 is 2.66 bits per heavy atom. The van der Waals surface area contributed by atoms with Crippen LogP contribution in [0.15, 0.2) is 55.4 Å². The molecule has 3 aromatic rings. The largest absolute Gasteiger partial charge is 0.353 e. The molecule has 0 spiro atoms. The van der Waals surface area contributed by atoms with E-state index in [-0.39, 0.29) is 6.04 Å². The molecule has 1 saturated carbocycles. The molecular weight excluding hydrogens is 366 g/mol. The van der Waals surface area contributed by atoms with Crippen LogP contribution in [-0.4, -0.2) is 36.1 Å². The van der Waals surface area contributed by atoms with Crippen molar-refractivity contribution in [3.05, 3.63) is 61.2 Å². The molecule has 3 heterocycles. The van der Waals surface area contributed by atoms with Crippen LogP contribution in [0.1, 0.15) is 31.5 Å². The van der Waals surface area contributed by atoms with Crippen molar-refractivity contribution in [2.24, 2.45) is 17.4 Å². The summed E-state index contributed by atoms with van der Waals surface area (Å²) in [6, 6.07) is 8.27. The van der Waals surface area contributed by atoms with Crippen LogP contribution in [-0.2, 0) is 0 Å². The van der Waals surface area contributed by atoms with Crippen LogP contribution < -0.4 is 22.2 Å². The third-order valence-electron chi connectivity index (χ3n) is 5.86. The summed E-state index contributed by atoms with van der Waals surface area (Å²) in [5.74, 6) is 1.11. The fourth-order valence-electron chi connectivity index (χ4n) is 4.23. The molecule has 9 nitrogen and oxygen atoms in total. The molecule has 1 aliphatic carbocycles. The van der Waals surface area contributed by atoms with Gasteiger partial charge in [0.15, 0.2) is 5.82 Å². The van der Waals surface area contributed by atoms with E-state index in [1.54, 1.807) is 17.2 Å².